The van der Waals surface area contributed by atoms with Crippen molar-refractivity contribution in [3.8, 4) is 0 Å². The fraction of sp³-hybridized carbons (Fsp3) is 1.00. The molecule has 5 nitrogen and oxygen atoms in total. The Morgan fingerprint density at radius 1 is 1.16 bits per heavy atom. The minimum Gasteiger partial charge on any atom is -0.319 e. The molecule has 1 N–H and O–H groups in total. The lowest BCUT2D eigenvalue weighted by Gasteiger charge is -2.35. The summed E-state index contributed by atoms with van der Waals surface area (Å²) in [4.78, 5) is 0. The molecule has 0 aromatic heterocycles. The van der Waals surface area contributed by atoms with E-state index < -0.39 is 10.2 Å². The summed E-state index contributed by atoms with van der Waals surface area (Å²) in [5, 5.41) is 3.18. The third-order valence-corrected chi connectivity index (χ3v) is 6.57. The molecule has 0 radical (unpaired) electrons. The molecule has 0 aromatic rings. The van der Waals surface area contributed by atoms with E-state index in [1.807, 2.05) is 7.05 Å². The van der Waals surface area contributed by atoms with Crippen LogP contribution in [0.15, 0.2) is 0 Å². The van der Waals surface area contributed by atoms with Crippen LogP contribution in [0.4, 0.5) is 0 Å². The molecule has 0 spiro atoms. The maximum Gasteiger partial charge on any atom is 0.282 e. The molecule has 112 valence electrons. The summed E-state index contributed by atoms with van der Waals surface area (Å²) in [6.07, 6.45) is 4.91. The van der Waals surface area contributed by atoms with Gasteiger partial charge in [0.25, 0.3) is 10.2 Å². The van der Waals surface area contributed by atoms with E-state index >= 15 is 0 Å². The minimum absolute atomic E-state index is 0.222. The van der Waals surface area contributed by atoms with Crippen LogP contribution in [0.1, 0.15) is 39.0 Å². The number of rotatable bonds is 5. The Morgan fingerprint density at radius 3 is 2.42 bits per heavy atom. The molecule has 2 heterocycles. The zero-order valence-corrected chi connectivity index (χ0v) is 13.0. The van der Waals surface area contributed by atoms with Gasteiger partial charge in [0.15, 0.2) is 0 Å². The molecule has 0 aromatic carbocycles. The monoisotopic (exact) mass is 289 g/mol. The highest BCUT2D eigenvalue weighted by atomic mass is 32.2. The van der Waals surface area contributed by atoms with E-state index in [4.69, 9.17) is 0 Å². The molecule has 2 aliphatic heterocycles. The zero-order chi connectivity index (χ0) is 13.9. The molecule has 0 saturated carbocycles. The second-order valence-electron chi connectivity index (χ2n) is 5.72. The Morgan fingerprint density at radius 2 is 1.84 bits per heavy atom. The fourth-order valence-electron chi connectivity index (χ4n) is 3.30. The Kier molecular flexibility index (Phi) is 5.22. The van der Waals surface area contributed by atoms with E-state index in [1.54, 1.807) is 8.61 Å². The summed E-state index contributed by atoms with van der Waals surface area (Å²) in [6, 6.07) is 0.222. The van der Waals surface area contributed by atoms with E-state index in [2.05, 4.69) is 12.2 Å². The normalized spacial score (nSPS) is 28.0. The first-order valence-corrected chi connectivity index (χ1v) is 8.90. The lowest BCUT2D eigenvalue weighted by atomic mass is 9.98. The molecule has 0 bridgehead atoms. The van der Waals surface area contributed by atoms with Crippen molar-refractivity contribution in [3.05, 3.63) is 0 Å². The van der Waals surface area contributed by atoms with Crippen molar-refractivity contribution in [2.24, 2.45) is 5.92 Å². The maximum absolute atomic E-state index is 12.7. The molecule has 2 aliphatic rings. The molecule has 6 heteroatoms. The average Bonchev–Trinajstić information content (AvgIpc) is 2.89. The largest absolute Gasteiger partial charge is 0.319 e. The quantitative estimate of drug-likeness (QED) is 0.823. The standard InChI is InChI=1S/C13H27N3O2S/c1-3-13-5-4-8-16(13)19(17,18)15-9-6-12(7-10-15)11-14-2/h12-14H,3-11H2,1-2H3. The van der Waals surface area contributed by atoms with Crippen LogP contribution in [0, 0.1) is 5.92 Å². The predicted octanol–water partition coefficient (Wildman–Crippen LogP) is 1.04. The van der Waals surface area contributed by atoms with Crippen LogP contribution >= 0.6 is 0 Å². The highest BCUT2D eigenvalue weighted by molar-refractivity contribution is 7.86. The molecule has 2 saturated heterocycles. The van der Waals surface area contributed by atoms with Gasteiger partial charge in [-0.25, -0.2) is 0 Å². The molecule has 2 fully saturated rings. The third kappa shape index (κ3) is 3.29. The van der Waals surface area contributed by atoms with Gasteiger partial charge in [0.1, 0.15) is 0 Å². The molecule has 0 aliphatic carbocycles. The summed E-state index contributed by atoms with van der Waals surface area (Å²) >= 11 is 0. The van der Waals surface area contributed by atoms with Gasteiger partial charge in [0.05, 0.1) is 0 Å². The molecular weight excluding hydrogens is 262 g/mol. The lowest BCUT2D eigenvalue weighted by Crippen LogP contribution is -2.49. The first-order chi connectivity index (χ1) is 9.09. The number of piperidine rings is 1. The molecule has 0 amide bonds. The van der Waals surface area contributed by atoms with Gasteiger partial charge < -0.3 is 5.32 Å². The number of nitrogens with one attached hydrogen (secondary N) is 1. The molecule has 19 heavy (non-hydrogen) atoms. The van der Waals surface area contributed by atoms with Crippen molar-refractivity contribution in [3.63, 3.8) is 0 Å². The maximum atomic E-state index is 12.7. The number of nitrogens with zero attached hydrogens (tertiary/aromatic N) is 2. The Balaban J connectivity index is 1.97. The number of hydrogen-bond donors (Lipinski definition) is 1. The van der Waals surface area contributed by atoms with Crippen molar-refractivity contribution in [2.75, 3.05) is 33.2 Å². The summed E-state index contributed by atoms with van der Waals surface area (Å²) < 4.78 is 28.8. The van der Waals surface area contributed by atoms with Gasteiger partial charge in [-0.05, 0) is 51.6 Å². The van der Waals surface area contributed by atoms with Crippen LogP contribution < -0.4 is 5.32 Å². The van der Waals surface area contributed by atoms with Crippen LogP contribution in [0.3, 0.4) is 0 Å². The van der Waals surface area contributed by atoms with Gasteiger partial charge in [-0.15, -0.1) is 0 Å². The van der Waals surface area contributed by atoms with Crippen molar-refractivity contribution in [1.29, 1.82) is 0 Å². The number of hydrogen-bond acceptors (Lipinski definition) is 3. The first kappa shape index (κ1) is 15.2. The van der Waals surface area contributed by atoms with Gasteiger partial charge in [0, 0.05) is 25.7 Å². The summed E-state index contributed by atoms with van der Waals surface area (Å²) in [6.45, 7) is 5.15. The predicted molar refractivity (Wildman–Crippen MR) is 77.2 cm³/mol. The van der Waals surface area contributed by atoms with E-state index in [0.29, 0.717) is 25.6 Å². The van der Waals surface area contributed by atoms with Crippen LogP contribution in [-0.2, 0) is 10.2 Å². The molecular formula is C13H27N3O2S. The lowest BCUT2D eigenvalue weighted by molar-refractivity contribution is 0.247. The van der Waals surface area contributed by atoms with E-state index in [9.17, 15) is 8.42 Å². The Hall–Kier alpha value is -0.170. The van der Waals surface area contributed by atoms with Gasteiger partial charge in [-0.3, -0.25) is 0 Å². The molecule has 1 unspecified atom stereocenters. The Labute approximate surface area is 117 Å². The van der Waals surface area contributed by atoms with Gasteiger partial charge >= 0.3 is 0 Å². The molecule has 2 rings (SSSR count). The highest BCUT2D eigenvalue weighted by Crippen LogP contribution is 2.28. The summed E-state index contributed by atoms with van der Waals surface area (Å²) in [7, 11) is -1.26. The van der Waals surface area contributed by atoms with Crippen molar-refractivity contribution < 1.29 is 8.42 Å². The minimum atomic E-state index is -3.22. The van der Waals surface area contributed by atoms with Gasteiger partial charge in [-0.2, -0.15) is 17.0 Å². The topological polar surface area (TPSA) is 52.7 Å². The van der Waals surface area contributed by atoms with Crippen molar-refractivity contribution in [1.82, 2.24) is 13.9 Å². The van der Waals surface area contributed by atoms with Crippen LogP contribution in [0.5, 0.6) is 0 Å². The Bertz CT molecular complexity index is 377. The van der Waals surface area contributed by atoms with Crippen LogP contribution in [0.2, 0.25) is 0 Å². The van der Waals surface area contributed by atoms with E-state index in [0.717, 1.165) is 38.6 Å². The SMILES string of the molecule is CCC1CCCN1S(=O)(=O)N1CCC(CNC)CC1. The highest BCUT2D eigenvalue weighted by Gasteiger charge is 2.38. The van der Waals surface area contributed by atoms with Crippen LogP contribution in [-0.4, -0.2) is 56.3 Å². The van der Waals surface area contributed by atoms with E-state index in [-0.39, 0.29) is 6.04 Å². The summed E-state index contributed by atoms with van der Waals surface area (Å²) in [5.74, 6) is 0.622. The zero-order valence-electron chi connectivity index (χ0n) is 12.1. The second kappa shape index (κ2) is 6.52. The first-order valence-electron chi connectivity index (χ1n) is 7.51. The summed E-state index contributed by atoms with van der Waals surface area (Å²) in [5.41, 5.74) is 0. The third-order valence-electron chi connectivity index (χ3n) is 4.48. The van der Waals surface area contributed by atoms with Gasteiger partial charge in [-0.1, -0.05) is 6.92 Å². The fourth-order valence-corrected chi connectivity index (χ4v) is 5.26. The van der Waals surface area contributed by atoms with Gasteiger partial charge in [0.2, 0.25) is 0 Å². The van der Waals surface area contributed by atoms with Crippen LogP contribution in [0.25, 0.3) is 0 Å². The van der Waals surface area contributed by atoms with E-state index in [1.165, 1.54) is 0 Å². The van der Waals surface area contributed by atoms with Crippen molar-refractivity contribution in [2.45, 2.75) is 45.1 Å². The molecule has 1 atom stereocenters. The second-order valence-corrected chi connectivity index (χ2v) is 7.60. The van der Waals surface area contributed by atoms with Crippen molar-refractivity contribution >= 4 is 10.2 Å². The smallest absolute Gasteiger partial charge is 0.282 e. The average molecular weight is 289 g/mol.